The molecule has 0 aliphatic rings. The van der Waals surface area contributed by atoms with Gasteiger partial charge in [-0.25, -0.2) is 0 Å². The summed E-state index contributed by atoms with van der Waals surface area (Å²) in [6, 6.07) is 8.01. The smallest absolute Gasteiger partial charge is 0.0409 e. The summed E-state index contributed by atoms with van der Waals surface area (Å²) in [6.45, 7) is 4.91. The molecule has 90 valence electrons. The van der Waals surface area contributed by atoms with Crippen molar-refractivity contribution in [2.75, 3.05) is 20.1 Å². The van der Waals surface area contributed by atoms with Crippen LogP contribution in [0.2, 0.25) is 5.02 Å². The SMILES string of the molecule is CCC(CN)CN(C)Cc1cccc(Cl)c1. The maximum absolute atomic E-state index is 5.95. The summed E-state index contributed by atoms with van der Waals surface area (Å²) >= 11 is 5.95. The van der Waals surface area contributed by atoms with Gasteiger partial charge in [0.25, 0.3) is 0 Å². The Balaban J connectivity index is 2.47. The van der Waals surface area contributed by atoms with Crippen molar-refractivity contribution in [2.45, 2.75) is 19.9 Å². The fraction of sp³-hybridized carbons (Fsp3) is 0.538. The van der Waals surface area contributed by atoms with Crippen molar-refractivity contribution in [1.82, 2.24) is 4.90 Å². The van der Waals surface area contributed by atoms with E-state index in [1.54, 1.807) is 0 Å². The lowest BCUT2D eigenvalue weighted by Crippen LogP contribution is -2.29. The molecule has 2 nitrogen and oxygen atoms in total. The number of nitrogens with zero attached hydrogens (tertiary/aromatic N) is 1. The van der Waals surface area contributed by atoms with E-state index in [0.29, 0.717) is 5.92 Å². The number of nitrogens with two attached hydrogens (primary N) is 1. The molecule has 0 saturated heterocycles. The Morgan fingerprint density at radius 3 is 2.75 bits per heavy atom. The Hall–Kier alpha value is -0.570. The van der Waals surface area contributed by atoms with Crippen LogP contribution in [-0.2, 0) is 6.54 Å². The maximum Gasteiger partial charge on any atom is 0.0409 e. The van der Waals surface area contributed by atoms with E-state index in [2.05, 4.69) is 24.9 Å². The fourth-order valence-corrected chi connectivity index (χ4v) is 2.04. The topological polar surface area (TPSA) is 29.3 Å². The summed E-state index contributed by atoms with van der Waals surface area (Å²) < 4.78 is 0. The predicted molar refractivity (Wildman–Crippen MR) is 70.6 cm³/mol. The lowest BCUT2D eigenvalue weighted by Gasteiger charge is -2.22. The second kappa shape index (κ2) is 6.89. The summed E-state index contributed by atoms with van der Waals surface area (Å²) in [5.41, 5.74) is 6.95. The molecule has 0 fully saturated rings. The number of hydrogen-bond donors (Lipinski definition) is 1. The maximum atomic E-state index is 5.95. The van der Waals surface area contributed by atoms with Crippen LogP contribution in [0.1, 0.15) is 18.9 Å². The molecule has 2 N–H and O–H groups in total. The van der Waals surface area contributed by atoms with Crippen LogP contribution in [0.4, 0.5) is 0 Å². The van der Waals surface area contributed by atoms with E-state index in [1.165, 1.54) is 5.56 Å². The third-order valence-corrected chi connectivity index (χ3v) is 3.06. The summed E-state index contributed by atoms with van der Waals surface area (Å²) in [5, 5.41) is 0.803. The summed E-state index contributed by atoms with van der Waals surface area (Å²) in [6.07, 6.45) is 1.14. The highest BCUT2D eigenvalue weighted by molar-refractivity contribution is 6.30. The minimum Gasteiger partial charge on any atom is -0.330 e. The highest BCUT2D eigenvalue weighted by atomic mass is 35.5. The fourth-order valence-electron chi connectivity index (χ4n) is 1.82. The molecule has 1 atom stereocenters. The minimum atomic E-state index is 0.587. The minimum absolute atomic E-state index is 0.587. The standard InChI is InChI=1S/C13H21ClN2/c1-3-11(8-15)9-16(2)10-12-5-4-6-13(14)7-12/h4-7,11H,3,8-10,15H2,1-2H3. The largest absolute Gasteiger partial charge is 0.330 e. The first-order chi connectivity index (χ1) is 7.65. The third kappa shape index (κ3) is 4.52. The first-order valence-electron chi connectivity index (χ1n) is 5.78. The van der Waals surface area contributed by atoms with Crippen molar-refractivity contribution in [1.29, 1.82) is 0 Å². The quantitative estimate of drug-likeness (QED) is 0.829. The van der Waals surface area contributed by atoms with Gasteiger partial charge in [-0.05, 0) is 37.2 Å². The van der Waals surface area contributed by atoms with Gasteiger partial charge in [-0.2, -0.15) is 0 Å². The van der Waals surface area contributed by atoms with E-state index in [4.69, 9.17) is 17.3 Å². The van der Waals surface area contributed by atoms with Crippen LogP contribution in [0.5, 0.6) is 0 Å². The Kier molecular flexibility index (Phi) is 5.81. The molecule has 0 spiro atoms. The molecule has 0 bridgehead atoms. The molecule has 1 unspecified atom stereocenters. The summed E-state index contributed by atoms with van der Waals surface area (Å²) in [5.74, 6) is 0.587. The van der Waals surface area contributed by atoms with Crippen LogP contribution in [0.25, 0.3) is 0 Å². The van der Waals surface area contributed by atoms with E-state index in [1.807, 2.05) is 18.2 Å². The van der Waals surface area contributed by atoms with Crippen LogP contribution >= 0.6 is 11.6 Å². The van der Waals surface area contributed by atoms with E-state index in [-0.39, 0.29) is 0 Å². The van der Waals surface area contributed by atoms with Gasteiger partial charge < -0.3 is 10.6 Å². The first-order valence-corrected chi connectivity index (χ1v) is 6.16. The molecule has 0 amide bonds. The first kappa shape index (κ1) is 13.5. The lowest BCUT2D eigenvalue weighted by atomic mass is 10.1. The Labute approximate surface area is 103 Å². The van der Waals surface area contributed by atoms with Crippen LogP contribution in [0.15, 0.2) is 24.3 Å². The Bertz CT molecular complexity index is 311. The van der Waals surface area contributed by atoms with Crippen molar-refractivity contribution >= 4 is 11.6 Å². The van der Waals surface area contributed by atoms with E-state index in [9.17, 15) is 0 Å². The summed E-state index contributed by atoms with van der Waals surface area (Å²) in [4.78, 5) is 2.30. The van der Waals surface area contributed by atoms with Crippen molar-refractivity contribution in [3.63, 3.8) is 0 Å². The van der Waals surface area contributed by atoms with Crippen LogP contribution < -0.4 is 5.73 Å². The van der Waals surface area contributed by atoms with Crippen molar-refractivity contribution < 1.29 is 0 Å². The number of hydrogen-bond acceptors (Lipinski definition) is 2. The van der Waals surface area contributed by atoms with Gasteiger partial charge in [-0.3, -0.25) is 0 Å². The normalized spacial score (nSPS) is 13.1. The second-order valence-corrected chi connectivity index (χ2v) is 4.77. The molecule has 0 aromatic heterocycles. The Morgan fingerprint density at radius 1 is 1.44 bits per heavy atom. The summed E-state index contributed by atoms with van der Waals surface area (Å²) in [7, 11) is 2.12. The molecular formula is C13H21ClN2. The van der Waals surface area contributed by atoms with Gasteiger partial charge >= 0.3 is 0 Å². The lowest BCUT2D eigenvalue weighted by molar-refractivity contribution is 0.268. The van der Waals surface area contributed by atoms with E-state index >= 15 is 0 Å². The number of benzene rings is 1. The Morgan fingerprint density at radius 2 is 2.19 bits per heavy atom. The molecule has 1 rings (SSSR count). The third-order valence-electron chi connectivity index (χ3n) is 2.82. The van der Waals surface area contributed by atoms with Crippen molar-refractivity contribution in [2.24, 2.45) is 11.7 Å². The van der Waals surface area contributed by atoms with Gasteiger partial charge in [0.15, 0.2) is 0 Å². The molecule has 0 saturated carbocycles. The van der Waals surface area contributed by atoms with Crippen LogP contribution in [0, 0.1) is 5.92 Å². The zero-order valence-corrected chi connectivity index (χ0v) is 10.9. The molecule has 3 heteroatoms. The average molecular weight is 241 g/mol. The molecular weight excluding hydrogens is 220 g/mol. The van der Waals surface area contributed by atoms with Crippen molar-refractivity contribution in [3.8, 4) is 0 Å². The van der Waals surface area contributed by atoms with Gasteiger partial charge in [0.1, 0.15) is 0 Å². The van der Waals surface area contributed by atoms with Gasteiger partial charge in [-0.1, -0.05) is 37.1 Å². The zero-order chi connectivity index (χ0) is 12.0. The van der Waals surface area contributed by atoms with Gasteiger partial charge in [-0.15, -0.1) is 0 Å². The average Bonchev–Trinajstić information content (AvgIpc) is 2.26. The van der Waals surface area contributed by atoms with Gasteiger partial charge in [0.05, 0.1) is 0 Å². The molecule has 0 aliphatic carbocycles. The van der Waals surface area contributed by atoms with Crippen LogP contribution in [0.3, 0.4) is 0 Å². The molecule has 0 heterocycles. The van der Waals surface area contributed by atoms with E-state index < -0.39 is 0 Å². The molecule has 0 radical (unpaired) electrons. The highest BCUT2D eigenvalue weighted by Gasteiger charge is 2.08. The van der Waals surface area contributed by atoms with Crippen LogP contribution in [-0.4, -0.2) is 25.0 Å². The monoisotopic (exact) mass is 240 g/mol. The molecule has 1 aromatic rings. The zero-order valence-electron chi connectivity index (χ0n) is 10.1. The predicted octanol–water partition coefficient (Wildman–Crippen LogP) is 2.76. The van der Waals surface area contributed by atoms with Gasteiger partial charge in [0, 0.05) is 18.1 Å². The van der Waals surface area contributed by atoms with Gasteiger partial charge in [0.2, 0.25) is 0 Å². The second-order valence-electron chi connectivity index (χ2n) is 4.34. The highest BCUT2D eigenvalue weighted by Crippen LogP contribution is 2.13. The number of halogens is 1. The molecule has 1 aromatic carbocycles. The molecule has 0 aliphatic heterocycles. The molecule has 16 heavy (non-hydrogen) atoms. The van der Waals surface area contributed by atoms with E-state index in [0.717, 1.165) is 31.1 Å². The van der Waals surface area contributed by atoms with Crippen molar-refractivity contribution in [3.05, 3.63) is 34.9 Å². The number of rotatable bonds is 6.